The molecule has 160 valence electrons. The van der Waals surface area contributed by atoms with Crippen molar-refractivity contribution in [2.75, 3.05) is 51.5 Å². The van der Waals surface area contributed by atoms with Gasteiger partial charge in [-0.05, 0) is 36.4 Å². The van der Waals surface area contributed by atoms with Gasteiger partial charge in [-0.15, -0.1) is 0 Å². The van der Waals surface area contributed by atoms with Crippen molar-refractivity contribution in [2.45, 2.75) is 4.90 Å². The van der Waals surface area contributed by atoms with Crippen molar-refractivity contribution in [1.29, 1.82) is 0 Å². The lowest BCUT2D eigenvalue weighted by molar-refractivity contribution is -0.130. The van der Waals surface area contributed by atoms with Gasteiger partial charge in [0.1, 0.15) is 5.82 Å². The number of nitrogens with zero attached hydrogens (tertiary/aromatic N) is 3. The third-order valence-corrected chi connectivity index (χ3v) is 7.12. The number of carbonyl (C=O) groups is 1. The number of hydrogen-bond acceptors (Lipinski definition) is 6. The van der Waals surface area contributed by atoms with Gasteiger partial charge in [-0.1, -0.05) is 0 Å². The number of amides is 1. The Kier molecular flexibility index (Phi) is 5.52. The predicted octanol–water partition coefficient (Wildman–Crippen LogP) is 1.52. The molecule has 0 atom stereocenters. The van der Waals surface area contributed by atoms with Gasteiger partial charge in [-0.2, -0.15) is 4.31 Å². The second-order valence-corrected chi connectivity index (χ2v) is 9.07. The van der Waals surface area contributed by atoms with Crippen LogP contribution in [0.1, 0.15) is 0 Å². The van der Waals surface area contributed by atoms with E-state index in [2.05, 4.69) is 0 Å². The summed E-state index contributed by atoms with van der Waals surface area (Å²) in [4.78, 5) is 16.2. The monoisotopic (exact) mass is 435 g/mol. The number of anilines is 1. The minimum absolute atomic E-state index is 0.0474. The largest absolute Gasteiger partial charge is 0.454 e. The highest BCUT2D eigenvalue weighted by molar-refractivity contribution is 7.89. The van der Waals surface area contributed by atoms with Crippen LogP contribution in [0.3, 0.4) is 0 Å². The van der Waals surface area contributed by atoms with Gasteiger partial charge in [0.25, 0.3) is 0 Å². The molecule has 1 saturated heterocycles. The fourth-order valence-electron chi connectivity index (χ4n) is 3.45. The number of ether oxygens (including phenoxy) is 2. The minimum Gasteiger partial charge on any atom is -0.454 e. The minimum atomic E-state index is -3.71. The zero-order valence-electron chi connectivity index (χ0n) is 16.5. The molecule has 0 aliphatic carbocycles. The fourth-order valence-corrected chi connectivity index (χ4v) is 4.87. The van der Waals surface area contributed by atoms with E-state index in [0.717, 1.165) is 17.8 Å². The molecule has 0 aromatic heterocycles. The Bertz CT molecular complexity index is 1040. The smallest absolute Gasteiger partial charge is 0.243 e. The first-order valence-corrected chi connectivity index (χ1v) is 10.9. The first kappa shape index (κ1) is 20.4. The van der Waals surface area contributed by atoms with E-state index in [1.165, 1.54) is 16.4 Å². The average molecular weight is 435 g/mol. The summed E-state index contributed by atoms with van der Waals surface area (Å²) in [7, 11) is -1.90. The van der Waals surface area contributed by atoms with Crippen LogP contribution in [0, 0.1) is 5.82 Å². The molecular weight excluding hydrogens is 413 g/mol. The molecule has 0 spiro atoms. The fraction of sp³-hybridized carbons (Fsp3) is 0.350. The van der Waals surface area contributed by atoms with Crippen LogP contribution >= 0.6 is 0 Å². The Morgan fingerprint density at radius 1 is 1.03 bits per heavy atom. The maximum absolute atomic E-state index is 13.1. The van der Waals surface area contributed by atoms with Crippen LogP contribution < -0.4 is 14.4 Å². The molecular formula is C20H22FN3O5S. The summed E-state index contributed by atoms with van der Waals surface area (Å²) in [6.07, 6.45) is 0. The van der Waals surface area contributed by atoms with Gasteiger partial charge >= 0.3 is 0 Å². The second-order valence-electron chi connectivity index (χ2n) is 7.13. The van der Waals surface area contributed by atoms with E-state index in [0.29, 0.717) is 24.6 Å². The van der Waals surface area contributed by atoms with Crippen LogP contribution in [-0.2, 0) is 14.8 Å². The van der Waals surface area contributed by atoms with Crippen LogP contribution in [0.5, 0.6) is 11.5 Å². The Labute approximate surface area is 174 Å². The molecule has 2 heterocycles. The summed E-state index contributed by atoms with van der Waals surface area (Å²) in [6.45, 7) is 1.33. The number of carbonyl (C=O) groups excluding carboxylic acids is 1. The van der Waals surface area contributed by atoms with Crippen LogP contribution in [0.4, 0.5) is 10.1 Å². The molecule has 10 heteroatoms. The summed E-state index contributed by atoms with van der Waals surface area (Å²) < 4.78 is 50.5. The van der Waals surface area contributed by atoms with Crippen molar-refractivity contribution in [1.82, 2.24) is 9.21 Å². The van der Waals surface area contributed by atoms with E-state index in [9.17, 15) is 17.6 Å². The molecule has 8 nitrogen and oxygen atoms in total. The van der Waals surface area contributed by atoms with Gasteiger partial charge in [-0.3, -0.25) is 4.79 Å². The van der Waals surface area contributed by atoms with Crippen molar-refractivity contribution >= 4 is 21.6 Å². The van der Waals surface area contributed by atoms with Crippen LogP contribution in [0.2, 0.25) is 0 Å². The maximum atomic E-state index is 13.1. The Morgan fingerprint density at radius 3 is 2.40 bits per heavy atom. The second kappa shape index (κ2) is 8.11. The molecule has 0 bridgehead atoms. The van der Waals surface area contributed by atoms with Crippen molar-refractivity contribution in [3.05, 3.63) is 48.3 Å². The summed E-state index contributed by atoms with van der Waals surface area (Å²) in [6, 6.07) is 10.2. The SMILES string of the molecule is CN(CC(=O)N1CCN(S(=O)(=O)c2ccc(F)cc2)CC1)c1ccc2c(c1)OCO2. The number of hydrogen-bond donors (Lipinski definition) is 0. The van der Waals surface area contributed by atoms with Gasteiger partial charge in [0.15, 0.2) is 11.5 Å². The molecule has 1 amide bonds. The Morgan fingerprint density at radius 2 is 1.70 bits per heavy atom. The zero-order chi connectivity index (χ0) is 21.3. The number of likely N-dealkylation sites (N-methyl/N-ethyl adjacent to an activating group) is 1. The van der Waals surface area contributed by atoms with E-state index in [1.807, 2.05) is 24.1 Å². The summed E-state index contributed by atoms with van der Waals surface area (Å²) in [5.41, 5.74) is 0.824. The molecule has 2 aromatic carbocycles. The molecule has 2 aliphatic heterocycles. The van der Waals surface area contributed by atoms with E-state index < -0.39 is 15.8 Å². The first-order valence-electron chi connectivity index (χ1n) is 9.49. The number of sulfonamides is 1. The molecule has 30 heavy (non-hydrogen) atoms. The number of fused-ring (bicyclic) bond motifs is 1. The first-order chi connectivity index (χ1) is 14.3. The molecule has 0 saturated carbocycles. The summed E-state index contributed by atoms with van der Waals surface area (Å²) in [5.74, 6) is 0.744. The van der Waals surface area contributed by atoms with Crippen molar-refractivity contribution in [2.24, 2.45) is 0 Å². The van der Waals surface area contributed by atoms with Gasteiger partial charge in [-0.25, -0.2) is 12.8 Å². The molecule has 0 N–H and O–H groups in total. The standard InChI is InChI=1S/C20H22FN3O5S/c1-22(16-4-7-18-19(12-16)29-14-28-18)13-20(25)23-8-10-24(11-9-23)30(26,27)17-5-2-15(21)3-6-17/h2-7,12H,8-11,13-14H2,1H3. The molecule has 0 radical (unpaired) electrons. The molecule has 4 rings (SSSR count). The topological polar surface area (TPSA) is 79.4 Å². The third-order valence-electron chi connectivity index (χ3n) is 5.21. The highest BCUT2D eigenvalue weighted by Gasteiger charge is 2.30. The van der Waals surface area contributed by atoms with Crippen molar-refractivity contribution in [3.63, 3.8) is 0 Å². The highest BCUT2D eigenvalue weighted by atomic mass is 32.2. The van der Waals surface area contributed by atoms with Crippen LogP contribution in [0.15, 0.2) is 47.4 Å². The molecule has 1 fully saturated rings. The van der Waals surface area contributed by atoms with E-state index in [1.54, 1.807) is 11.0 Å². The molecule has 0 unspecified atom stereocenters. The lowest BCUT2D eigenvalue weighted by Gasteiger charge is -2.35. The lowest BCUT2D eigenvalue weighted by Crippen LogP contribution is -2.52. The van der Waals surface area contributed by atoms with Gasteiger partial charge in [0.05, 0.1) is 11.4 Å². The van der Waals surface area contributed by atoms with Crippen LogP contribution in [0.25, 0.3) is 0 Å². The van der Waals surface area contributed by atoms with Crippen LogP contribution in [-0.4, -0.2) is 70.1 Å². The zero-order valence-corrected chi connectivity index (χ0v) is 17.3. The van der Waals surface area contributed by atoms with Crippen molar-refractivity contribution in [3.8, 4) is 11.5 Å². The van der Waals surface area contributed by atoms with E-state index in [-0.39, 0.29) is 37.2 Å². The van der Waals surface area contributed by atoms with E-state index in [4.69, 9.17) is 9.47 Å². The number of benzene rings is 2. The number of halogens is 1. The molecule has 2 aromatic rings. The van der Waals surface area contributed by atoms with Crippen molar-refractivity contribution < 1.29 is 27.1 Å². The maximum Gasteiger partial charge on any atom is 0.243 e. The van der Waals surface area contributed by atoms with Gasteiger partial charge in [0, 0.05) is 45.0 Å². The van der Waals surface area contributed by atoms with Gasteiger partial charge in [0.2, 0.25) is 22.7 Å². The lowest BCUT2D eigenvalue weighted by atomic mass is 10.2. The van der Waals surface area contributed by atoms with E-state index >= 15 is 0 Å². The molecule has 2 aliphatic rings. The Hall–Kier alpha value is -2.85. The average Bonchev–Trinajstić information content (AvgIpc) is 3.22. The Balaban J connectivity index is 1.34. The number of piperazine rings is 1. The summed E-state index contributed by atoms with van der Waals surface area (Å²) >= 11 is 0. The normalized spacial score (nSPS) is 16.5. The quantitative estimate of drug-likeness (QED) is 0.709. The number of rotatable bonds is 5. The highest BCUT2D eigenvalue weighted by Crippen LogP contribution is 2.35. The predicted molar refractivity (Wildman–Crippen MR) is 108 cm³/mol. The summed E-state index contributed by atoms with van der Waals surface area (Å²) in [5, 5.41) is 0. The van der Waals surface area contributed by atoms with Gasteiger partial charge < -0.3 is 19.3 Å². The third kappa shape index (κ3) is 4.05.